The van der Waals surface area contributed by atoms with Gasteiger partial charge in [0.2, 0.25) is 0 Å². The van der Waals surface area contributed by atoms with Crippen molar-refractivity contribution < 1.29 is 4.79 Å². The molecule has 4 aromatic carbocycles. The summed E-state index contributed by atoms with van der Waals surface area (Å²) in [6.07, 6.45) is 0. The van der Waals surface area contributed by atoms with Crippen LogP contribution in [0.4, 0.5) is 0 Å². The van der Waals surface area contributed by atoms with Crippen LogP contribution < -0.4 is 5.32 Å². The average molecular weight is 429 g/mol. The maximum atomic E-state index is 13.9. The van der Waals surface area contributed by atoms with E-state index in [0.717, 1.165) is 38.9 Å². The number of carbonyl (C=O) groups excluding carboxylic acids is 1. The SMILES string of the molecule is Cc1c(-c2ccccc2)nc2ccccc2c1C(=O)NC(c1ccccc1)c1ccccc1. The zero-order chi connectivity index (χ0) is 22.6. The summed E-state index contributed by atoms with van der Waals surface area (Å²) in [7, 11) is 0. The molecule has 0 saturated heterocycles. The van der Waals surface area contributed by atoms with Crippen molar-refractivity contribution in [2.24, 2.45) is 0 Å². The molecule has 5 aromatic rings. The van der Waals surface area contributed by atoms with Gasteiger partial charge in [-0.2, -0.15) is 0 Å². The van der Waals surface area contributed by atoms with E-state index < -0.39 is 0 Å². The zero-order valence-electron chi connectivity index (χ0n) is 18.4. The molecule has 0 aliphatic heterocycles. The van der Waals surface area contributed by atoms with Gasteiger partial charge >= 0.3 is 0 Å². The number of benzene rings is 4. The van der Waals surface area contributed by atoms with Crippen molar-refractivity contribution in [2.75, 3.05) is 0 Å². The van der Waals surface area contributed by atoms with Crippen molar-refractivity contribution in [1.82, 2.24) is 10.3 Å². The van der Waals surface area contributed by atoms with Crippen molar-refractivity contribution in [1.29, 1.82) is 0 Å². The van der Waals surface area contributed by atoms with Gasteiger partial charge in [-0.25, -0.2) is 4.98 Å². The van der Waals surface area contributed by atoms with E-state index in [0.29, 0.717) is 5.56 Å². The van der Waals surface area contributed by atoms with E-state index in [1.807, 2.05) is 122 Å². The quantitative estimate of drug-likeness (QED) is 0.337. The lowest BCUT2D eigenvalue weighted by Gasteiger charge is -2.22. The van der Waals surface area contributed by atoms with Crippen LogP contribution in [-0.4, -0.2) is 10.9 Å². The molecule has 3 nitrogen and oxygen atoms in total. The number of rotatable bonds is 5. The van der Waals surface area contributed by atoms with Gasteiger partial charge in [-0.05, 0) is 29.7 Å². The smallest absolute Gasteiger partial charge is 0.253 e. The summed E-state index contributed by atoms with van der Waals surface area (Å²) in [5, 5.41) is 4.16. The highest BCUT2D eigenvalue weighted by atomic mass is 16.1. The van der Waals surface area contributed by atoms with E-state index in [1.54, 1.807) is 0 Å². The molecule has 0 aliphatic rings. The summed E-state index contributed by atoms with van der Waals surface area (Å²) in [6.45, 7) is 1.98. The summed E-state index contributed by atoms with van der Waals surface area (Å²) in [5.41, 5.74) is 6.25. The van der Waals surface area contributed by atoms with Crippen molar-refractivity contribution in [3.8, 4) is 11.3 Å². The number of amides is 1. The second-order valence-electron chi connectivity index (χ2n) is 8.07. The van der Waals surface area contributed by atoms with Crippen molar-refractivity contribution in [2.45, 2.75) is 13.0 Å². The van der Waals surface area contributed by atoms with E-state index in [-0.39, 0.29) is 11.9 Å². The third kappa shape index (κ3) is 4.13. The Morgan fingerprint density at radius 2 is 1.21 bits per heavy atom. The Balaban J connectivity index is 1.64. The molecule has 0 fully saturated rings. The van der Waals surface area contributed by atoms with E-state index in [2.05, 4.69) is 5.32 Å². The van der Waals surface area contributed by atoms with Crippen molar-refractivity contribution in [3.63, 3.8) is 0 Å². The zero-order valence-corrected chi connectivity index (χ0v) is 18.4. The molecule has 160 valence electrons. The Labute approximate surface area is 193 Å². The normalized spacial score (nSPS) is 11.0. The summed E-state index contributed by atoms with van der Waals surface area (Å²) >= 11 is 0. The molecule has 1 N–H and O–H groups in total. The molecule has 33 heavy (non-hydrogen) atoms. The Kier molecular flexibility index (Phi) is 5.69. The first-order chi connectivity index (χ1) is 16.2. The highest BCUT2D eigenvalue weighted by Crippen LogP contribution is 2.31. The van der Waals surface area contributed by atoms with Crippen LogP contribution in [0.1, 0.15) is 33.1 Å². The highest BCUT2D eigenvalue weighted by Gasteiger charge is 2.23. The first kappa shape index (κ1) is 20.7. The number of hydrogen-bond donors (Lipinski definition) is 1. The summed E-state index contributed by atoms with van der Waals surface area (Å²) in [5.74, 6) is -0.110. The molecular formula is C30H24N2O. The van der Waals surface area contributed by atoms with E-state index >= 15 is 0 Å². The second-order valence-corrected chi connectivity index (χ2v) is 8.07. The molecule has 0 atom stereocenters. The minimum Gasteiger partial charge on any atom is -0.341 e. The largest absolute Gasteiger partial charge is 0.341 e. The van der Waals surface area contributed by atoms with Crippen LogP contribution >= 0.6 is 0 Å². The summed E-state index contributed by atoms with van der Waals surface area (Å²) in [6, 6.07) is 37.8. The minimum atomic E-state index is -0.258. The van der Waals surface area contributed by atoms with Gasteiger partial charge in [-0.15, -0.1) is 0 Å². The van der Waals surface area contributed by atoms with Crippen LogP contribution in [0.3, 0.4) is 0 Å². The van der Waals surface area contributed by atoms with Crippen LogP contribution in [0.5, 0.6) is 0 Å². The van der Waals surface area contributed by atoms with Crippen LogP contribution in [0.15, 0.2) is 115 Å². The molecule has 1 aromatic heterocycles. The number of pyridine rings is 1. The van der Waals surface area contributed by atoms with Gasteiger partial charge in [0.15, 0.2) is 0 Å². The third-order valence-electron chi connectivity index (χ3n) is 5.95. The van der Waals surface area contributed by atoms with E-state index in [9.17, 15) is 4.79 Å². The standard InChI is InChI=1S/C30H24N2O/c1-21-27(25-19-11-12-20-26(25)31-28(21)22-13-5-2-6-14-22)30(33)32-29(23-15-7-3-8-16-23)24-17-9-4-10-18-24/h2-20,29H,1H3,(H,32,33). The Bertz CT molecular complexity index is 1360. The lowest BCUT2D eigenvalue weighted by Crippen LogP contribution is -2.30. The fourth-order valence-electron chi connectivity index (χ4n) is 4.33. The fourth-order valence-corrected chi connectivity index (χ4v) is 4.33. The van der Waals surface area contributed by atoms with E-state index in [4.69, 9.17) is 4.98 Å². The molecule has 0 unspecified atom stereocenters. The predicted molar refractivity (Wildman–Crippen MR) is 134 cm³/mol. The highest BCUT2D eigenvalue weighted by molar-refractivity contribution is 6.09. The number of hydrogen-bond acceptors (Lipinski definition) is 2. The van der Waals surface area contributed by atoms with Crippen LogP contribution in [-0.2, 0) is 0 Å². The summed E-state index contributed by atoms with van der Waals surface area (Å²) < 4.78 is 0. The molecule has 0 aliphatic carbocycles. The Morgan fingerprint density at radius 1 is 0.697 bits per heavy atom. The van der Waals surface area contributed by atoms with Gasteiger partial charge in [0.1, 0.15) is 0 Å². The first-order valence-electron chi connectivity index (χ1n) is 11.1. The molecule has 0 saturated carbocycles. The molecule has 1 heterocycles. The van der Waals surface area contributed by atoms with Crippen LogP contribution in [0.2, 0.25) is 0 Å². The number of fused-ring (bicyclic) bond motifs is 1. The number of carbonyl (C=O) groups is 1. The molecule has 0 spiro atoms. The minimum absolute atomic E-state index is 0.110. The Hall–Kier alpha value is -4.24. The molecule has 0 radical (unpaired) electrons. The van der Waals surface area contributed by atoms with Crippen molar-refractivity contribution in [3.05, 3.63) is 138 Å². The fraction of sp³-hybridized carbons (Fsp3) is 0.0667. The number of aromatic nitrogens is 1. The van der Waals surface area contributed by atoms with E-state index in [1.165, 1.54) is 0 Å². The van der Waals surface area contributed by atoms with Crippen LogP contribution in [0, 0.1) is 6.92 Å². The predicted octanol–water partition coefficient (Wildman–Crippen LogP) is 6.73. The first-order valence-corrected chi connectivity index (χ1v) is 11.1. The maximum absolute atomic E-state index is 13.9. The monoisotopic (exact) mass is 428 g/mol. The second kappa shape index (κ2) is 9.09. The van der Waals surface area contributed by atoms with Gasteiger partial charge in [0, 0.05) is 10.9 Å². The van der Waals surface area contributed by atoms with Crippen molar-refractivity contribution >= 4 is 16.8 Å². The van der Waals surface area contributed by atoms with Gasteiger partial charge in [0.25, 0.3) is 5.91 Å². The topological polar surface area (TPSA) is 42.0 Å². The lowest BCUT2D eigenvalue weighted by atomic mass is 9.95. The van der Waals surface area contributed by atoms with Gasteiger partial charge in [-0.3, -0.25) is 4.79 Å². The molecule has 0 bridgehead atoms. The van der Waals surface area contributed by atoms with Gasteiger partial charge in [0.05, 0.1) is 22.8 Å². The van der Waals surface area contributed by atoms with Crippen LogP contribution in [0.25, 0.3) is 22.2 Å². The number of nitrogens with zero attached hydrogens (tertiary/aromatic N) is 1. The average Bonchev–Trinajstić information content (AvgIpc) is 2.88. The third-order valence-corrected chi connectivity index (χ3v) is 5.95. The summed E-state index contributed by atoms with van der Waals surface area (Å²) in [4.78, 5) is 18.8. The Morgan fingerprint density at radius 3 is 1.82 bits per heavy atom. The maximum Gasteiger partial charge on any atom is 0.253 e. The van der Waals surface area contributed by atoms with Gasteiger partial charge < -0.3 is 5.32 Å². The molecule has 5 rings (SSSR count). The van der Waals surface area contributed by atoms with Gasteiger partial charge in [-0.1, -0.05) is 109 Å². The molecule has 3 heteroatoms. The molecular weight excluding hydrogens is 404 g/mol. The number of para-hydroxylation sites is 1. The number of nitrogens with one attached hydrogen (secondary N) is 1. The molecule has 1 amide bonds. The lowest BCUT2D eigenvalue weighted by molar-refractivity contribution is 0.0944.